The fourth-order valence-corrected chi connectivity index (χ4v) is 1.43. The number of nitrogens with zero attached hydrogens (tertiary/aromatic N) is 3. The topological polar surface area (TPSA) is 71.3 Å². The van der Waals surface area contributed by atoms with Crippen LogP contribution in [0.1, 0.15) is 5.69 Å². The molecule has 0 saturated carbocycles. The van der Waals surface area contributed by atoms with E-state index in [9.17, 15) is 4.79 Å². The van der Waals surface area contributed by atoms with Gasteiger partial charge in [-0.1, -0.05) is 0 Å². The standard InChI is InChI=1S/C12H14N4O2/c1-16(2)12(17)15-8-9-11(14-6-5-13-9)10-4-3-7-18-10/h3-7H,8H2,1-2H3,(H,15,17). The molecule has 2 heterocycles. The summed E-state index contributed by atoms with van der Waals surface area (Å²) in [4.78, 5) is 21.4. The van der Waals surface area contributed by atoms with Gasteiger partial charge in [0.15, 0.2) is 5.76 Å². The van der Waals surface area contributed by atoms with E-state index in [-0.39, 0.29) is 6.03 Å². The van der Waals surface area contributed by atoms with Gasteiger partial charge in [-0.3, -0.25) is 4.98 Å². The van der Waals surface area contributed by atoms with E-state index < -0.39 is 0 Å². The number of hydrogen-bond acceptors (Lipinski definition) is 4. The van der Waals surface area contributed by atoms with Crippen molar-refractivity contribution < 1.29 is 9.21 Å². The average molecular weight is 246 g/mol. The maximum Gasteiger partial charge on any atom is 0.317 e. The molecule has 2 aromatic heterocycles. The molecular weight excluding hydrogens is 232 g/mol. The number of urea groups is 1. The second-order valence-corrected chi connectivity index (χ2v) is 3.88. The zero-order chi connectivity index (χ0) is 13.0. The molecule has 2 rings (SSSR count). The summed E-state index contributed by atoms with van der Waals surface area (Å²) in [6.45, 7) is 0.306. The van der Waals surface area contributed by atoms with Crippen molar-refractivity contribution in [3.63, 3.8) is 0 Å². The highest BCUT2D eigenvalue weighted by atomic mass is 16.3. The van der Waals surface area contributed by atoms with Crippen molar-refractivity contribution in [2.45, 2.75) is 6.54 Å². The third kappa shape index (κ3) is 2.65. The normalized spacial score (nSPS) is 10.1. The van der Waals surface area contributed by atoms with Crippen molar-refractivity contribution in [2.75, 3.05) is 14.1 Å². The molecule has 94 valence electrons. The van der Waals surface area contributed by atoms with Gasteiger partial charge in [0.2, 0.25) is 0 Å². The molecule has 0 saturated heterocycles. The molecule has 0 radical (unpaired) electrons. The summed E-state index contributed by atoms with van der Waals surface area (Å²) < 4.78 is 5.29. The van der Waals surface area contributed by atoms with Crippen LogP contribution in [0, 0.1) is 0 Å². The second kappa shape index (κ2) is 5.31. The zero-order valence-electron chi connectivity index (χ0n) is 10.3. The molecule has 0 fully saturated rings. The summed E-state index contributed by atoms with van der Waals surface area (Å²) >= 11 is 0. The van der Waals surface area contributed by atoms with Crippen LogP contribution in [-0.2, 0) is 6.54 Å². The van der Waals surface area contributed by atoms with Gasteiger partial charge in [0, 0.05) is 26.5 Å². The minimum atomic E-state index is -0.175. The van der Waals surface area contributed by atoms with Gasteiger partial charge in [0.05, 0.1) is 18.5 Å². The van der Waals surface area contributed by atoms with Crippen molar-refractivity contribution in [1.29, 1.82) is 0 Å². The number of rotatable bonds is 3. The van der Waals surface area contributed by atoms with E-state index in [0.717, 1.165) is 0 Å². The molecule has 0 spiro atoms. The molecule has 0 aromatic carbocycles. The Morgan fingerprint density at radius 3 is 2.83 bits per heavy atom. The molecule has 0 aliphatic carbocycles. The van der Waals surface area contributed by atoms with E-state index in [1.54, 1.807) is 44.9 Å². The molecule has 2 aromatic rings. The second-order valence-electron chi connectivity index (χ2n) is 3.88. The molecule has 0 bridgehead atoms. The van der Waals surface area contributed by atoms with Crippen molar-refractivity contribution in [1.82, 2.24) is 20.2 Å². The third-order valence-electron chi connectivity index (χ3n) is 2.34. The van der Waals surface area contributed by atoms with E-state index >= 15 is 0 Å². The largest absolute Gasteiger partial charge is 0.463 e. The fraction of sp³-hybridized carbons (Fsp3) is 0.250. The highest BCUT2D eigenvalue weighted by Gasteiger charge is 2.11. The van der Waals surface area contributed by atoms with Gasteiger partial charge in [0.1, 0.15) is 5.69 Å². The summed E-state index contributed by atoms with van der Waals surface area (Å²) in [5.74, 6) is 0.636. The average Bonchev–Trinajstić information content (AvgIpc) is 2.89. The quantitative estimate of drug-likeness (QED) is 0.891. The van der Waals surface area contributed by atoms with E-state index in [4.69, 9.17) is 4.42 Å². The lowest BCUT2D eigenvalue weighted by atomic mass is 10.2. The van der Waals surface area contributed by atoms with Gasteiger partial charge >= 0.3 is 6.03 Å². The SMILES string of the molecule is CN(C)C(=O)NCc1nccnc1-c1ccco1. The predicted molar refractivity (Wildman–Crippen MR) is 65.7 cm³/mol. The molecule has 0 atom stereocenters. The summed E-state index contributed by atoms with van der Waals surface area (Å²) in [6.07, 6.45) is 4.75. The zero-order valence-corrected chi connectivity index (χ0v) is 10.3. The molecule has 6 heteroatoms. The minimum absolute atomic E-state index is 0.175. The third-order valence-corrected chi connectivity index (χ3v) is 2.34. The van der Waals surface area contributed by atoms with Crippen LogP contribution in [0.4, 0.5) is 4.79 Å². The van der Waals surface area contributed by atoms with Gasteiger partial charge in [0.25, 0.3) is 0 Å². The van der Waals surface area contributed by atoms with Crippen LogP contribution < -0.4 is 5.32 Å². The monoisotopic (exact) mass is 246 g/mol. The van der Waals surface area contributed by atoms with E-state index in [0.29, 0.717) is 23.7 Å². The first-order chi connectivity index (χ1) is 8.68. The lowest BCUT2D eigenvalue weighted by Crippen LogP contribution is -2.34. The van der Waals surface area contributed by atoms with Crippen LogP contribution in [0.3, 0.4) is 0 Å². The van der Waals surface area contributed by atoms with E-state index in [2.05, 4.69) is 15.3 Å². The maximum atomic E-state index is 11.5. The minimum Gasteiger partial charge on any atom is -0.463 e. The van der Waals surface area contributed by atoms with Crippen molar-refractivity contribution in [3.8, 4) is 11.5 Å². The summed E-state index contributed by atoms with van der Waals surface area (Å²) in [6, 6.07) is 3.42. The Balaban J connectivity index is 2.16. The predicted octanol–water partition coefficient (Wildman–Crippen LogP) is 1.51. The smallest absolute Gasteiger partial charge is 0.317 e. The maximum absolute atomic E-state index is 11.5. The molecule has 2 amide bonds. The Morgan fingerprint density at radius 1 is 1.39 bits per heavy atom. The van der Waals surface area contributed by atoms with Gasteiger partial charge in [-0.25, -0.2) is 9.78 Å². The Hall–Kier alpha value is -2.37. The number of aromatic nitrogens is 2. The van der Waals surface area contributed by atoms with Gasteiger partial charge in [-0.05, 0) is 12.1 Å². The Kier molecular flexibility index (Phi) is 3.57. The summed E-state index contributed by atoms with van der Waals surface area (Å²) in [7, 11) is 3.36. The Labute approximate surface area is 105 Å². The molecular formula is C12H14N4O2. The number of furan rings is 1. The van der Waals surface area contributed by atoms with E-state index in [1.807, 2.05) is 0 Å². The molecule has 6 nitrogen and oxygen atoms in total. The van der Waals surface area contributed by atoms with Crippen LogP contribution in [-0.4, -0.2) is 35.0 Å². The number of carbonyl (C=O) groups is 1. The molecule has 18 heavy (non-hydrogen) atoms. The number of hydrogen-bond donors (Lipinski definition) is 1. The van der Waals surface area contributed by atoms with Gasteiger partial charge in [-0.15, -0.1) is 0 Å². The van der Waals surface area contributed by atoms with Crippen LogP contribution in [0.15, 0.2) is 35.2 Å². The first-order valence-electron chi connectivity index (χ1n) is 5.47. The highest BCUT2D eigenvalue weighted by molar-refractivity contribution is 5.73. The molecule has 0 aliphatic heterocycles. The van der Waals surface area contributed by atoms with Crippen molar-refractivity contribution in [3.05, 3.63) is 36.5 Å². The summed E-state index contributed by atoms with van der Waals surface area (Å²) in [5, 5.41) is 2.74. The summed E-state index contributed by atoms with van der Waals surface area (Å²) in [5.41, 5.74) is 1.31. The number of amides is 2. The van der Waals surface area contributed by atoms with Crippen LogP contribution in [0.25, 0.3) is 11.5 Å². The van der Waals surface area contributed by atoms with Crippen molar-refractivity contribution >= 4 is 6.03 Å². The molecule has 0 aliphatic rings. The number of carbonyl (C=O) groups excluding carboxylic acids is 1. The number of nitrogens with one attached hydrogen (secondary N) is 1. The van der Waals surface area contributed by atoms with Gasteiger partial charge < -0.3 is 14.6 Å². The van der Waals surface area contributed by atoms with Crippen molar-refractivity contribution in [2.24, 2.45) is 0 Å². The van der Waals surface area contributed by atoms with E-state index in [1.165, 1.54) is 4.90 Å². The molecule has 1 N–H and O–H groups in total. The Bertz CT molecular complexity index is 523. The first-order valence-corrected chi connectivity index (χ1v) is 5.47. The first kappa shape index (κ1) is 12.1. The van der Waals surface area contributed by atoms with Crippen LogP contribution in [0.2, 0.25) is 0 Å². The Morgan fingerprint density at radius 2 is 2.17 bits per heavy atom. The molecule has 0 unspecified atom stereocenters. The van der Waals surface area contributed by atoms with Gasteiger partial charge in [-0.2, -0.15) is 0 Å². The lowest BCUT2D eigenvalue weighted by Gasteiger charge is -2.12. The van der Waals surface area contributed by atoms with Crippen LogP contribution in [0.5, 0.6) is 0 Å². The lowest BCUT2D eigenvalue weighted by molar-refractivity contribution is 0.217. The highest BCUT2D eigenvalue weighted by Crippen LogP contribution is 2.19. The fourth-order valence-electron chi connectivity index (χ4n) is 1.43. The van der Waals surface area contributed by atoms with Crippen LogP contribution >= 0.6 is 0 Å².